The summed E-state index contributed by atoms with van der Waals surface area (Å²) in [6.07, 6.45) is 5.18. The molecule has 3 aromatic rings. The maximum absolute atomic E-state index is 12.5. The summed E-state index contributed by atoms with van der Waals surface area (Å²) in [6.45, 7) is 3.38. The molecular formula is C20H19N5O2. The van der Waals surface area contributed by atoms with E-state index in [9.17, 15) is 4.79 Å². The molecule has 1 saturated heterocycles. The van der Waals surface area contributed by atoms with Crippen molar-refractivity contribution in [2.75, 3.05) is 24.3 Å². The van der Waals surface area contributed by atoms with E-state index in [-0.39, 0.29) is 11.8 Å². The van der Waals surface area contributed by atoms with Crippen LogP contribution in [-0.4, -0.2) is 34.1 Å². The van der Waals surface area contributed by atoms with Crippen molar-refractivity contribution < 1.29 is 9.53 Å². The highest BCUT2D eigenvalue weighted by Gasteiger charge is 2.58. The van der Waals surface area contributed by atoms with Gasteiger partial charge in [-0.05, 0) is 47.9 Å². The van der Waals surface area contributed by atoms with Crippen LogP contribution in [0, 0.1) is 24.7 Å². The molecule has 1 saturated carbocycles. The van der Waals surface area contributed by atoms with Crippen molar-refractivity contribution in [3.63, 3.8) is 0 Å². The quantitative estimate of drug-likeness (QED) is 0.743. The van der Waals surface area contributed by atoms with Crippen LogP contribution in [0.5, 0.6) is 0 Å². The van der Waals surface area contributed by atoms with Crippen LogP contribution in [0.2, 0.25) is 0 Å². The van der Waals surface area contributed by atoms with Gasteiger partial charge in [0.15, 0.2) is 0 Å². The topological polar surface area (TPSA) is 103 Å². The van der Waals surface area contributed by atoms with Crippen LogP contribution in [0.4, 0.5) is 11.6 Å². The molecular weight excluding hydrogens is 342 g/mol. The fraction of sp³-hybridized carbons (Fsp3) is 0.300. The molecule has 0 bridgehead atoms. The Morgan fingerprint density at radius 2 is 2.07 bits per heavy atom. The summed E-state index contributed by atoms with van der Waals surface area (Å²) in [5, 5.41) is 4.57. The number of anilines is 2. The second kappa shape index (κ2) is 5.99. The van der Waals surface area contributed by atoms with Crippen molar-refractivity contribution in [3.8, 4) is 11.3 Å². The Morgan fingerprint density at radius 1 is 1.26 bits per heavy atom. The fourth-order valence-electron chi connectivity index (χ4n) is 3.95. The molecule has 3 aromatic heterocycles. The highest BCUT2D eigenvalue weighted by molar-refractivity contribution is 5.98. The van der Waals surface area contributed by atoms with Crippen molar-refractivity contribution in [2.45, 2.75) is 6.92 Å². The number of hydrogen-bond acceptors (Lipinski definition) is 6. The van der Waals surface area contributed by atoms with Crippen molar-refractivity contribution in [1.82, 2.24) is 15.0 Å². The van der Waals surface area contributed by atoms with Gasteiger partial charge in [0.1, 0.15) is 11.6 Å². The number of fused-ring (bicyclic) bond motifs is 2. The molecule has 3 atom stereocenters. The second-order valence-electron chi connectivity index (χ2n) is 7.25. The maximum atomic E-state index is 12.5. The van der Waals surface area contributed by atoms with E-state index in [0.717, 1.165) is 27.6 Å². The van der Waals surface area contributed by atoms with Crippen LogP contribution in [-0.2, 0) is 9.53 Å². The number of aryl methyl sites for hydroxylation is 1. The molecule has 2 aliphatic rings. The number of carbonyl (C=O) groups is 1. The van der Waals surface area contributed by atoms with Gasteiger partial charge in [-0.15, -0.1) is 0 Å². The maximum Gasteiger partial charge on any atom is 0.229 e. The van der Waals surface area contributed by atoms with E-state index in [2.05, 4.69) is 20.3 Å². The molecule has 4 heterocycles. The number of nitrogen functional groups attached to an aromatic ring is 1. The Morgan fingerprint density at radius 3 is 2.85 bits per heavy atom. The first-order chi connectivity index (χ1) is 13.1. The third kappa shape index (κ3) is 2.71. The molecule has 1 aliphatic heterocycles. The molecule has 27 heavy (non-hydrogen) atoms. The lowest BCUT2D eigenvalue weighted by molar-refractivity contribution is -0.118. The number of nitrogens with zero attached hydrogens (tertiary/aromatic N) is 3. The van der Waals surface area contributed by atoms with Gasteiger partial charge < -0.3 is 15.8 Å². The van der Waals surface area contributed by atoms with E-state index in [1.807, 2.05) is 25.1 Å². The molecule has 1 amide bonds. The van der Waals surface area contributed by atoms with Gasteiger partial charge in [-0.1, -0.05) is 0 Å². The first-order valence-corrected chi connectivity index (χ1v) is 8.97. The SMILES string of the molecule is Cc1ccncc1-c1cc2cc(NC(=O)[C@H]3[C@@H]4COC[C@@H]43)ncc2c(N)n1. The van der Waals surface area contributed by atoms with Gasteiger partial charge in [0.2, 0.25) is 5.91 Å². The van der Waals surface area contributed by atoms with E-state index >= 15 is 0 Å². The predicted octanol–water partition coefficient (Wildman–Crippen LogP) is 2.41. The summed E-state index contributed by atoms with van der Waals surface area (Å²) < 4.78 is 5.35. The van der Waals surface area contributed by atoms with Gasteiger partial charge in [-0.25, -0.2) is 9.97 Å². The van der Waals surface area contributed by atoms with Crippen LogP contribution in [0.1, 0.15) is 5.56 Å². The first kappa shape index (κ1) is 16.1. The van der Waals surface area contributed by atoms with Gasteiger partial charge in [0.05, 0.1) is 18.9 Å². The standard InChI is InChI=1S/C20H19N5O2/c1-10-2-3-22-6-12(10)16-4-11-5-17(23-7-13(11)19(21)24-16)25-20(26)18-14-8-27-9-15(14)18/h2-7,14-15,18H,8-9H2,1H3,(H2,21,24)(H,23,25,26)/t14-,15+,18+. The van der Waals surface area contributed by atoms with E-state index in [1.54, 1.807) is 18.6 Å². The van der Waals surface area contributed by atoms with Crippen LogP contribution < -0.4 is 11.1 Å². The minimum absolute atomic E-state index is 0.0190. The lowest BCUT2D eigenvalue weighted by Gasteiger charge is -2.10. The molecule has 0 aromatic carbocycles. The number of nitrogens with one attached hydrogen (secondary N) is 1. The summed E-state index contributed by atoms with van der Waals surface area (Å²) in [5.74, 6) is 1.73. The van der Waals surface area contributed by atoms with Crippen molar-refractivity contribution in [1.29, 1.82) is 0 Å². The minimum atomic E-state index is 0.0190. The monoisotopic (exact) mass is 361 g/mol. The van der Waals surface area contributed by atoms with E-state index in [0.29, 0.717) is 36.7 Å². The molecule has 136 valence electrons. The zero-order chi connectivity index (χ0) is 18.5. The normalized spacial score (nSPS) is 23.2. The fourth-order valence-corrected chi connectivity index (χ4v) is 3.95. The third-order valence-corrected chi connectivity index (χ3v) is 5.57. The second-order valence-corrected chi connectivity index (χ2v) is 7.25. The van der Waals surface area contributed by atoms with Gasteiger partial charge >= 0.3 is 0 Å². The van der Waals surface area contributed by atoms with E-state index < -0.39 is 0 Å². The van der Waals surface area contributed by atoms with Gasteiger partial charge in [-0.3, -0.25) is 9.78 Å². The molecule has 7 heteroatoms. The predicted molar refractivity (Wildman–Crippen MR) is 102 cm³/mol. The Balaban J connectivity index is 1.47. The number of ether oxygens (including phenoxy) is 1. The summed E-state index contributed by atoms with van der Waals surface area (Å²) >= 11 is 0. The Hall–Kier alpha value is -3.06. The van der Waals surface area contributed by atoms with Crippen molar-refractivity contribution in [2.24, 2.45) is 17.8 Å². The number of aromatic nitrogens is 3. The smallest absolute Gasteiger partial charge is 0.229 e. The van der Waals surface area contributed by atoms with Crippen molar-refractivity contribution in [3.05, 3.63) is 42.4 Å². The zero-order valence-electron chi connectivity index (χ0n) is 14.8. The van der Waals surface area contributed by atoms with Crippen molar-refractivity contribution >= 4 is 28.3 Å². The summed E-state index contributed by atoms with van der Waals surface area (Å²) in [7, 11) is 0. The number of carbonyl (C=O) groups excluding carboxylic acids is 1. The third-order valence-electron chi connectivity index (χ3n) is 5.57. The van der Waals surface area contributed by atoms with Gasteiger partial charge in [0.25, 0.3) is 0 Å². The lowest BCUT2D eigenvalue weighted by atomic mass is 10.1. The summed E-state index contributed by atoms with van der Waals surface area (Å²) in [4.78, 5) is 25.5. The van der Waals surface area contributed by atoms with Gasteiger partial charge in [-0.2, -0.15) is 0 Å². The number of rotatable bonds is 3. The highest BCUT2D eigenvalue weighted by Crippen LogP contribution is 2.51. The van der Waals surface area contributed by atoms with Crippen LogP contribution >= 0.6 is 0 Å². The Kier molecular flexibility index (Phi) is 3.58. The number of amides is 1. The molecule has 0 unspecified atom stereocenters. The number of hydrogen-bond donors (Lipinski definition) is 2. The Bertz CT molecular complexity index is 1060. The van der Waals surface area contributed by atoms with Gasteiger partial charge in [0, 0.05) is 35.5 Å². The molecule has 0 radical (unpaired) electrons. The van der Waals surface area contributed by atoms with E-state index in [1.165, 1.54) is 0 Å². The Labute approximate surface area is 156 Å². The minimum Gasteiger partial charge on any atom is -0.383 e. The summed E-state index contributed by atoms with van der Waals surface area (Å²) in [6, 6.07) is 5.73. The summed E-state index contributed by atoms with van der Waals surface area (Å²) in [5.41, 5.74) is 8.90. The molecule has 5 rings (SSSR count). The lowest BCUT2D eigenvalue weighted by Crippen LogP contribution is -2.19. The van der Waals surface area contributed by atoms with Crippen LogP contribution in [0.3, 0.4) is 0 Å². The zero-order valence-corrected chi connectivity index (χ0v) is 14.8. The molecule has 3 N–H and O–H groups in total. The first-order valence-electron chi connectivity index (χ1n) is 8.97. The molecule has 1 aliphatic carbocycles. The van der Waals surface area contributed by atoms with Crippen LogP contribution in [0.25, 0.3) is 22.0 Å². The highest BCUT2D eigenvalue weighted by atomic mass is 16.5. The molecule has 7 nitrogen and oxygen atoms in total. The molecule has 0 spiro atoms. The van der Waals surface area contributed by atoms with E-state index in [4.69, 9.17) is 10.5 Å². The largest absolute Gasteiger partial charge is 0.383 e. The number of nitrogens with two attached hydrogens (primary N) is 1. The molecule has 2 fully saturated rings. The average Bonchev–Trinajstić information content (AvgIpc) is 3.14. The number of pyridine rings is 3. The van der Waals surface area contributed by atoms with Crippen LogP contribution in [0.15, 0.2) is 36.8 Å². The average molecular weight is 361 g/mol.